The summed E-state index contributed by atoms with van der Waals surface area (Å²) in [7, 11) is 0. The molecule has 0 fully saturated rings. The van der Waals surface area contributed by atoms with E-state index in [-0.39, 0.29) is 11.6 Å². The molecule has 2 atom stereocenters. The van der Waals surface area contributed by atoms with Crippen molar-refractivity contribution in [3.63, 3.8) is 0 Å². The molecule has 1 aliphatic rings. The minimum atomic E-state index is -0.0527. The van der Waals surface area contributed by atoms with Gasteiger partial charge in [-0.1, -0.05) is 25.1 Å². The first-order valence-corrected chi connectivity index (χ1v) is 5.82. The molecule has 1 aromatic carbocycles. The fourth-order valence-electron chi connectivity index (χ4n) is 1.96. The highest BCUT2D eigenvalue weighted by Crippen LogP contribution is 2.31. The molecule has 0 N–H and O–H groups in total. The third-order valence-electron chi connectivity index (χ3n) is 3.53. The van der Waals surface area contributed by atoms with Gasteiger partial charge in [0, 0.05) is 11.5 Å². The van der Waals surface area contributed by atoms with Crippen molar-refractivity contribution in [1.82, 2.24) is 0 Å². The van der Waals surface area contributed by atoms with Gasteiger partial charge in [0.05, 0.1) is 5.54 Å². The molecule has 2 rings (SSSR count). The van der Waals surface area contributed by atoms with E-state index in [2.05, 4.69) is 27.7 Å². The topological polar surface area (TPSA) is 21.6 Å². The summed E-state index contributed by atoms with van der Waals surface area (Å²) in [6.07, 6.45) is 0.211. The summed E-state index contributed by atoms with van der Waals surface area (Å²) in [5.41, 5.74) is 1.01. The fourth-order valence-corrected chi connectivity index (χ4v) is 1.96. The minimum absolute atomic E-state index is 0.0527. The van der Waals surface area contributed by atoms with E-state index in [1.165, 1.54) is 0 Å². The molecule has 86 valence electrons. The molecule has 2 nitrogen and oxygen atoms in total. The molecule has 2 heteroatoms. The van der Waals surface area contributed by atoms with Crippen LogP contribution in [0.5, 0.6) is 0 Å². The van der Waals surface area contributed by atoms with Crippen LogP contribution in [0.25, 0.3) is 0 Å². The second-order valence-corrected chi connectivity index (χ2v) is 5.05. The van der Waals surface area contributed by atoms with Gasteiger partial charge in [0.1, 0.15) is 6.10 Å². The Morgan fingerprint density at radius 2 is 1.75 bits per heavy atom. The van der Waals surface area contributed by atoms with Gasteiger partial charge in [-0.2, -0.15) is 0 Å². The number of ether oxygens (including phenoxy) is 1. The zero-order valence-corrected chi connectivity index (χ0v) is 10.4. The molecule has 0 spiro atoms. The molecule has 0 aromatic heterocycles. The SMILES string of the molecule is CC1OC(c2ccccc2)=NC(C)(C)C1C. The average molecular weight is 217 g/mol. The van der Waals surface area contributed by atoms with E-state index < -0.39 is 0 Å². The van der Waals surface area contributed by atoms with Crippen LogP contribution in [-0.2, 0) is 4.74 Å². The number of benzene rings is 1. The molecule has 0 saturated carbocycles. The van der Waals surface area contributed by atoms with E-state index >= 15 is 0 Å². The number of nitrogens with zero attached hydrogens (tertiary/aromatic N) is 1. The molecule has 1 heterocycles. The van der Waals surface area contributed by atoms with Gasteiger partial charge in [-0.05, 0) is 32.9 Å². The van der Waals surface area contributed by atoms with E-state index in [4.69, 9.17) is 9.73 Å². The maximum absolute atomic E-state index is 5.87. The predicted octanol–water partition coefficient (Wildman–Crippen LogP) is 3.27. The van der Waals surface area contributed by atoms with Crippen molar-refractivity contribution >= 4 is 5.90 Å². The van der Waals surface area contributed by atoms with E-state index in [0.29, 0.717) is 5.92 Å². The second-order valence-electron chi connectivity index (χ2n) is 5.05. The van der Waals surface area contributed by atoms with Gasteiger partial charge in [-0.3, -0.25) is 0 Å². The molecule has 1 aliphatic heterocycles. The van der Waals surface area contributed by atoms with Crippen LogP contribution in [-0.4, -0.2) is 17.5 Å². The van der Waals surface area contributed by atoms with Crippen molar-refractivity contribution in [3.8, 4) is 0 Å². The van der Waals surface area contributed by atoms with Crippen LogP contribution in [0.15, 0.2) is 35.3 Å². The fraction of sp³-hybridized carbons (Fsp3) is 0.500. The summed E-state index contributed by atoms with van der Waals surface area (Å²) < 4.78 is 5.87. The van der Waals surface area contributed by atoms with Crippen molar-refractivity contribution in [2.75, 3.05) is 0 Å². The van der Waals surface area contributed by atoms with Crippen LogP contribution in [0.3, 0.4) is 0 Å². The van der Waals surface area contributed by atoms with Crippen LogP contribution in [0, 0.1) is 5.92 Å². The molecular formula is C14H19NO. The Bertz CT molecular complexity index is 394. The molecular weight excluding hydrogens is 198 g/mol. The van der Waals surface area contributed by atoms with E-state index in [0.717, 1.165) is 11.5 Å². The zero-order valence-electron chi connectivity index (χ0n) is 10.4. The number of hydrogen-bond donors (Lipinski definition) is 0. The maximum Gasteiger partial charge on any atom is 0.216 e. The lowest BCUT2D eigenvalue weighted by molar-refractivity contribution is 0.0834. The third-order valence-corrected chi connectivity index (χ3v) is 3.53. The first-order chi connectivity index (χ1) is 7.50. The lowest BCUT2D eigenvalue weighted by atomic mass is 9.84. The standard InChI is InChI=1S/C14H19NO/c1-10-11(2)16-13(15-14(10,3)4)12-8-6-5-7-9-12/h5-11H,1-4H3. The van der Waals surface area contributed by atoms with Gasteiger partial charge in [-0.25, -0.2) is 4.99 Å². The normalized spacial score (nSPS) is 28.1. The summed E-state index contributed by atoms with van der Waals surface area (Å²) in [4.78, 5) is 4.71. The Morgan fingerprint density at radius 3 is 2.31 bits per heavy atom. The minimum Gasteiger partial charge on any atom is -0.474 e. The summed E-state index contributed by atoms with van der Waals surface area (Å²) >= 11 is 0. The lowest BCUT2D eigenvalue weighted by Gasteiger charge is -2.38. The first-order valence-electron chi connectivity index (χ1n) is 5.82. The van der Waals surface area contributed by atoms with Crippen LogP contribution in [0.1, 0.15) is 33.3 Å². The summed E-state index contributed by atoms with van der Waals surface area (Å²) in [5, 5.41) is 0. The summed E-state index contributed by atoms with van der Waals surface area (Å²) in [5.74, 6) is 1.20. The van der Waals surface area contributed by atoms with Crippen molar-refractivity contribution in [1.29, 1.82) is 0 Å². The second kappa shape index (κ2) is 3.93. The van der Waals surface area contributed by atoms with E-state index in [1.807, 2.05) is 30.3 Å². The maximum atomic E-state index is 5.87. The van der Waals surface area contributed by atoms with E-state index in [9.17, 15) is 0 Å². The van der Waals surface area contributed by atoms with Crippen molar-refractivity contribution in [2.45, 2.75) is 39.3 Å². The van der Waals surface area contributed by atoms with Gasteiger partial charge in [-0.15, -0.1) is 0 Å². The molecule has 0 radical (unpaired) electrons. The lowest BCUT2D eigenvalue weighted by Crippen LogP contribution is -2.42. The zero-order chi connectivity index (χ0) is 11.8. The van der Waals surface area contributed by atoms with Crippen LogP contribution >= 0.6 is 0 Å². The monoisotopic (exact) mass is 217 g/mol. The van der Waals surface area contributed by atoms with Crippen molar-refractivity contribution < 1.29 is 4.74 Å². The molecule has 0 bridgehead atoms. The third kappa shape index (κ3) is 1.97. The Hall–Kier alpha value is -1.31. The first kappa shape index (κ1) is 11.2. The van der Waals surface area contributed by atoms with E-state index in [1.54, 1.807) is 0 Å². The van der Waals surface area contributed by atoms with Gasteiger partial charge >= 0.3 is 0 Å². The van der Waals surface area contributed by atoms with Crippen molar-refractivity contribution in [2.24, 2.45) is 10.9 Å². The Kier molecular flexibility index (Phi) is 2.75. The number of aliphatic imine (C=N–C) groups is 1. The van der Waals surface area contributed by atoms with Crippen LogP contribution in [0.2, 0.25) is 0 Å². The average Bonchev–Trinajstić information content (AvgIpc) is 2.26. The molecule has 2 unspecified atom stereocenters. The molecule has 0 amide bonds. The Morgan fingerprint density at radius 1 is 1.12 bits per heavy atom. The smallest absolute Gasteiger partial charge is 0.216 e. The highest BCUT2D eigenvalue weighted by Gasteiger charge is 2.36. The van der Waals surface area contributed by atoms with Crippen LogP contribution < -0.4 is 0 Å². The highest BCUT2D eigenvalue weighted by atomic mass is 16.5. The Labute approximate surface area is 97.4 Å². The predicted molar refractivity (Wildman–Crippen MR) is 66.8 cm³/mol. The van der Waals surface area contributed by atoms with Gasteiger partial charge in [0.2, 0.25) is 5.90 Å². The molecule has 16 heavy (non-hydrogen) atoms. The summed E-state index contributed by atoms with van der Waals surface area (Å²) in [6, 6.07) is 10.1. The molecule has 1 aromatic rings. The molecule has 0 aliphatic carbocycles. The van der Waals surface area contributed by atoms with Gasteiger partial charge < -0.3 is 4.74 Å². The van der Waals surface area contributed by atoms with Gasteiger partial charge in [0.15, 0.2) is 0 Å². The van der Waals surface area contributed by atoms with Crippen LogP contribution in [0.4, 0.5) is 0 Å². The largest absolute Gasteiger partial charge is 0.474 e. The van der Waals surface area contributed by atoms with Gasteiger partial charge in [0.25, 0.3) is 0 Å². The summed E-state index contributed by atoms with van der Waals surface area (Å²) in [6.45, 7) is 8.64. The number of rotatable bonds is 1. The molecule has 0 saturated heterocycles. The Balaban J connectivity index is 2.37. The quantitative estimate of drug-likeness (QED) is 0.707. The number of hydrogen-bond acceptors (Lipinski definition) is 2. The van der Waals surface area contributed by atoms with Crippen molar-refractivity contribution in [3.05, 3.63) is 35.9 Å². The highest BCUT2D eigenvalue weighted by molar-refractivity contribution is 5.94.